The van der Waals surface area contributed by atoms with Crippen LogP contribution in [0.5, 0.6) is 11.5 Å². The molecule has 112 valence electrons. The van der Waals surface area contributed by atoms with Gasteiger partial charge in [-0.05, 0) is 44.9 Å². The Kier molecular flexibility index (Phi) is 6.91. The fourth-order valence-electron chi connectivity index (χ4n) is 1.66. The summed E-state index contributed by atoms with van der Waals surface area (Å²) in [5.41, 5.74) is 0.595. The normalized spacial score (nSPS) is 11.8. The minimum Gasteiger partial charge on any atom is -0.490 e. The van der Waals surface area contributed by atoms with E-state index < -0.39 is 0 Å². The molecule has 1 atom stereocenters. The maximum atomic E-state index is 12.1. The molecule has 0 spiro atoms. The van der Waals surface area contributed by atoms with Crippen LogP contribution in [0.15, 0.2) is 18.2 Å². The minimum atomic E-state index is -0.0812. The van der Waals surface area contributed by atoms with Crippen LogP contribution in [0.1, 0.15) is 50.9 Å². The van der Waals surface area contributed by atoms with Gasteiger partial charge in [-0.15, -0.1) is 0 Å². The van der Waals surface area contributed by atoms with E-state index in [9.17, 15) is 4.79 Å². The third-order valence-electron chi connectivity index (χ3n) is 2.96. The summed E-state index contributed by atoms with van der Waals surface area (Å²) in [7, 11) is 0. The topological polar surface area (TPSA) is 47.6 Å². The van der Waals surface area contributed by atoms with Gasteiger partial charge in [-0.25, -0.2) is 0 Å². The fraction of sp³-hybridized carbons (Fsp3) is 0.562. The highest BCUT2D eigenvalue weighted by Gasteiger charge is 2.12. The zero-order valence-electron chi connectivity index (χ0n) is 12.9. The molecule has 1 aromatic carbocycles. The zero-order valence-corrected chi connectivity index (χ0v) is 12.9. The van der Waals surface area contributed by atoms with Gasteiger partial charge in [0.15, 0.2) is 11.5 Å². The van der Waals surface area contributed by atoms with Crippen molar-refractivity contribution in [2.45, 2.75) is 46.6 Å². The van der Waals surface area contributed by atoms with Crippen molar-refractivity contribution in [1.29, 1.82) is 0 Å². The highest BCUT2D eigenvalue weighted by molar-refractivity contribution is 5.95. The number of ether oxygens (including phenoxy) is 2. The van der Waals surface area contributed by atoms with E-state index in [-0.39, 0.29) is 11.9 Å². The lowest BCUT2D eigenvalue weighted by Gasteiger charge is -2.14. The third-order valence-corrected chi connectivity index (χ3v) is 2.96. The maximum absolute atomic E-state index is 12.1. The molecule has 0 fully saturated rings. The predicted octanol–water partition coefficient (Wildman–Crippen LogP) is 3.40. The lowest BCUT2D eigenvalue weighted by atomic mass is 10.1. The molecule has 0 saturated carbocycles. The summed E-state index contributed by atoms with van der Waals surface area (Å²) in [6.07, 6.45) is 1.84. The zero-order chi connectivity index (χ0) is 15.0. The summed E-state index contributed by atoms with van der Waals surface area (Å²) >= 11 is 0. The predicted molar refractivity (Wildman–Crippen MR) is 80.6 cm³/mol. The van der Waals surface area contributed by atoms with E-state index in [1.54, 1.807) is 18.2 Å². The fourth-order valence-corrected chi connectivity index (χ4v) is 1.66. The minimum absolute atomic E-state index is 0.0812. The van der Waals surface area contributed by atoms with Gasteiger partial charge in [-0.1, -0.05) is 13.8 Å². The molecule has 1 unspecified atom stereocenters. The van der Waals surface area contributed by atoms with E-state index in [0.717, 1.165) is 12.8 Å². The molecule has 1 aromatic rings. The number of carbonyl (C=O) groups excluding carboxylic acids is 1. The molecule has 0 saturated heterocycles. The van der Waals surface area contributed by atoms with Gasteiger partial charge < -0.3 is 14.8 Å². The number of benzene rings is 1. The Bertz CT molecular complexity index is 432. The van der Waals surface area contributed by atoms with E-state index in [0.29, 0.717) is 30.3 Å². The molecule has 0 bridgehead atoms. The molecular formula is C16H25NO3. The maximum Gasteiger partial charge on any atom is 0.251 e. The molecular weight excluding hydrogens is 254 g/mol. The molecule has 0 aromatic heterocycles. The second-order valence-corrected chi connectivity index (χ2v) is 4.73. The average molecular weight is 279 g/mol. The first-order chi connectivity index (χ1) is 9.62. The summed E-state index contributed by atoms with van der Waals surface area (Å²) in [6, 6.07) is 5.47. The number of nitrogens with one attached hydrogen (secondary N) is 1. The lowest BCUT2D eigenvalue weighted by molar-refractivity contribution is 0.0938. The van der Waals surface area contributed by atoms with E-state index >= 15 is 0 Å². The largest absolute Gasteiger partial charge is 0.490 e. The van der Waals surface area contributed by atoms with Gasteiger partial charge in [0, 0.05) is 11.6 Å². The van der Waals surface area contributed by atoms with Crippen LogP contribution in [0.25, 0.3) is 0 Å². The second kappa shape index (κ2) is 8.46. The Morgan fingerprint density at radius 2 is 1.95 bits per heavy atom. The van der Waals surface area contributed by atoms with Gasteiger partial charge in [0.25, 0.3) is 5.91 Å². The van der Waals surface area contributed by atoms with Crippen LogP contribution in [0.2, 0.25) is 0 Å². The van der Waals surface area contributed by atoms with Crippen LogP contribution in [0.4, 0.5) is 0 Å². The van der Waals surface area contributed by atoms with Crippen molar-refractivity contribution in [3.63, 3.8) is 0 Å². The summed E-state index contributed by atoms with van der Waals surface area (Å²) in [5, 5.41) is 2.94. The lowest BCUT2D eigenvalue weighted by Crippen LogP contribution is -2.31. The Hall–Kier alpha value is -1.71. The summed E-state index contributed by atoms with van der Waals surface area (Å²) in [4.78, 5) is 12.1. The summed E-state index contributed by atoms with van der Waals surface area (Å²) in [5.74, 6) is 1.23. The standard InChI is InChI=1S/C16H25NO3/c1-5-10-20-14-9-8-13(11-15(14)19-7-3)16(18)17-12(4)6-2/h8-9,11-12H,5-7,10H2,1-4H3,(H,17,18). The van der Waals surface area contributed by atoms with Gasteiger partial charge in [0.05, 0.1) is 13.2 Å². The number of amides is 1. The Morgan fingerprint density at radius 3 is 2.55 bits per heavy atom. The SMILES string of the molecule is CCCOc1ccc(C(=O)NC(C)CC)cc1OCC. The van der Waals surface area contributed by atoms with Gasteiger partial charge in [-0.2, -0.15) is 0 Å². The summed E-state index contributed by atoms with van der Waals surface area (Å²) < 4.78 is 11.2. The quantitative estimate of drug-likeness (QED) is 0.793. The molecule has 0 radical (unpaired) electrons. The molecule has 4 nitrogen and oxygen atoms in total. The van der Waals surface area contributed by atoms with Gasteiger partial charge >= 0.3 is 0 Å². The highest BCUT2D eigenvalue weighted by atomic mass is 16.5. The van der Waals surface area contributed by atoms with Gasteiger partial charge in [-0.3, -0.25) is 4.79 Å². The second-order valence-electron chi connectivity index (χ2n) is 4.73. The number of hydrogen-bond donors (Lipinski definition) is 1. The molecule has 1 N–H and O–H groups in total. The van der Waals surface area contributed by atoms with Crippen LogP contribution in [0.3, 0.4) is 0 Å². The molecule has 1 rings (SSSR count). The van der Waals surface area contributed by atoms with Gasteiger partial charge in [0.1, 0.15) is 0 Å². The van der Waals surface area contributed by atoms with Crippen LogP contribution in [-0.4, -0.2) is 25.2 Å². The van der Waals surface area contributed by atoms with E-state index in [1.165, 1.54) is 0 Å². The molecule has 20 heavy (non-hydrogen) atoms. The molecule has 0 heterocycles. The van der Waals surface area contributed by atoms with Crippen LogP contribution in [0, 0.1) is 0 Å². The highest BCUT2D eigenvalue weighted by Crippen LogP contribution is 2.28. The van der Waals surface area contributed by atoms with Crippen molar-refractivity contribution < 1.29 is 14.3 Å². The van der Waals surface area contributed by atoms with Crippen molar-refractivity contribution in [1.82, 2.24) is 5.32 Å². The molecule has 0 aliphatic carbocycles. The van der Waals surface area contributed by atoms with Crippen LogP contribution < -0.4 is 14.8 Å². The number of carbonyl (C=O) groups is 1. The summed E-state index contributed by atoms with van der Waals surface area (Å²) in [6.45, 7) is 9.17. The molecule has 0 aliphatic heterocycles. The smallest absolute Gasteiger partial charge is 0.251 e. The van der Waals surface area contributed by atoms with E-state index in [1.807, 2.05) is 27.7 Å². The van der Waals surface area contributed by atoms with Crippen molar-refractivity contribution in [2.24, 2.45) is 0 Å². The average Bonchev–Trinajstić information content (AvgIpc) is 2.45. The Balaban J connectivity index is 2.88. The first kappa shape index (κ1) is 16.3. The Labute approximate surface area is 121 Å². The number of hydrogen-bond acceptors (Lipinski definition) is 3. The van der Waals surface area contributed by atoms with Crippen LogP contribution in [-0.2, 0) is 0 Å². The van der Waals surface area contributed by atoms with Crippen molar-refractivity contribution >= 4 is 5.91 Å². The van der Waals surface area contributed by atoms with E-state index in [2.05, 4.69) is 5.32 Å². The molecule has 4 heteroatoms. The van der Waals surface area contributed by atoms with Crippen molar-refractivity contribution in [2.75, 3.05) is 13.2 Å². The van der Waals surface area contributed by atoms with Crippen molar-refractivity contribution in [3.05, 3.63) is 23.8 Å². The molecule has 1 amide bonds. The van der Waals surface area contributed by atoms with Gasteiger partial charge in [0.2, 0.25) is 0 Å². The first-order valence-corrected chi connectivity index (χ1v) is 7.32. The van der Waals surface area contributed by atoms with E-state index in [4.69, 9.17) is 9.47 Å². The Morgan fingerprint density at radius 1 is 1.20 bits per heavy atom. The number of rotatable bonds is 8. The first-order valence-electron chi connectivity index (χ1n) is 7.32. The molecule has 0 aliphatic rings. The monoisotopic (exact) mass is 279 g/mol. The third kappa shape index (κ3) is 4.76. The van der Waals surface area contributed by atoms with Crippen LogP contribution >= 0.6 is 0 Å². The van der Waals surface area contributed by atoms with Crippen molar-refractivity contribution in [3.8, 4) is 11.5 Å².